The number of carbonyl (C=O) groups excluding carboxylic acids is 2. The molecule has 3 aromatic carbocycles. The van der Waals surface area contributed by atoms with E-state index in [1.807, 2.05) is 57.2 Å². The van der Waals surface area contributed by atoms with Crippen molar-refractivity contribution in [1.82, 2.24) is 5.32 Å². The molecule has 7 nitrogen and oxygen atoms in total. The molecule has 7 heteroatoms. The smallest absolute Gasteiger partial charge is 0.407 e. The first-order valence-electron chi connectivity index (χ1n) is 15.6. The van der Waals surface area contributed by atoms with E-state index in [0.717, 1.165) is 35.1 Å². The van der Waals surface area contributed by atoms with Gasteiger partial charge >= 0.3 is 12.1 Å². The van der Waals surface area contributed by atoms with E-state index in [9.17, 15) is 9.59 Å². The normalized spacial score (nSPS) is 17.7. The summed E-state index contributed by atoms with van der Waals surface area (Å²) in [4.78, 5) is 24.5. The Balaban J connectivity index is 1.47. The van der Waals surface area contributed by atoms with Gasteiger partial charge in [0, 0.05) is 18.2 Å². The van der Waals surface area contributed by atoms with Crippen LogP contribution in [0.25, 0.3) is 17.2 Å². The number of hydrogen-bond acceptors (Lipinski definition) is 6. The van der Waals surface area contributed by atoms with Crippen molar-refractivity contribution in [3.63, 3.8) is 0 Å². The molecule has 1 fully saturated rings. The molecule has 0 spiro atoms. The first-order valence-corrected chi connectivity index (χ1v) is 15.6. The number of amides is 1. The van der Waals surface area contributed by atoms with Crippen LogP contribution in [0.2, 0.25) is 0 Å². The fraction of sp³-hybridized carbons (Fsp3) is 0.405. The van der Waals surface area contributed by atoms with Crippen molar-refractivity contribution in [1.29, 1.82) is 0 Å². The second kappa shape index (κ2) is 13.3. The molecule has 0 aromatic heterocycles. The van der Waals surface area contributed by atoms with E-state index in [2.05, 4.69) is 42.6 Å². The number of para-hydroxylation sites is 1. The van der Waals surface area contributed by atoms with Crippen molar-refractivity contribution < 1.29 is 23.8 Å². The van der Waals surface area contributed by atoms with Gasteiger partial charge in [-0.25, -0.2) is 4.79 Å². The summed E-state index contributed by atoms with van der Waals surface area (Å²) < 4.78 is 16.9. The van der Waals surface area contributed by atoms with Gasteiger partial charge < -0.3 is 25.3 Å². The van der Waals surface area contributed by atoms with E-state index in [1.165, 1.54) is 22.3 Å². The zero-order valence-electron chi connectivity index (χ0n) is 26.4. The van der Waals surface area contributed by atoms with Crippen molar-refractivity contribution in [3.8, 4) is 16.9 Å². The largest absolute Gasteiger partial charge is 0.489 e. The fourth-order valence-electron chi connectivity index (χ4n) is 6.25. The highest BCUT2D eigenvalue weighted by Gasteiger charge is 2.41. The summed E-state index contributed by atoms with van der Waals surface area (Å²) in [7, 11) is 0. The number of fused-ring (bicyclic) bond motifs is 3. The van der Waals surface area contributed by atoms with Crippen LogP contribution in [-0.2, 0) is 33.8 Å². The lowest BCUT2D eigenvalue weighted by atomic mass is 9.60. The van der Waals surface area contributed by atoms with Gasteiger partial charge in [0.15, 0.2) is 0 Å². The molecule has 232 valence electrons. The molecule has 3 unspecified atom stereocenters. The van der Waals surface area contributed by atoms with E-state index in [4.69, 9.17) is 19.9 Å². The molecule has 0 radical (unpaired) electrons. The van der Waals surface area contributed by atoms with E-state index in [0.29, 0.717) is 37.3 Å². The molecule has 2 aliphatic rings. The zero-order valence-corrected chi connectivity index (χ0v) is 26.4. The first kappa shape index (κ1) is 31.3. The number of ether oxygens (including phenoxy) is 3. The van der Waals surface area contributed by atoms with Gasteiger partial charge in [0.2, 0.25) is 0 Å². The van der Waals surface area contributed by atoms with Crippen LogP contribution in [0.5, 0.6) is 5.75 Å². The van der Waals surface area contributed by atoms with Gasteiger partial charge in [-0.1, -0.05) is 42.5 Å². The van der Waals surface area contributed by atoms with Crippen LogP contribution >= 0.6 is 0 Å². The van der Waals surface area contributed by atoms with Crippen LogP contribution in [-0.4, -0.2) is 30.3 Å². The number of nitrogens with two attached hydrogens (primary N) is 1. The van der Waals surface area contributed by atoms with E-state index in [1.54, 1.807) is 6.92 Å². The number of benzene rings is 3. The molecule has 44 heavy (non-hydrogen) atoms. The molecule has 2 aliphatic carbocycles. The molecule has 1 amide bonds. The lowest BCUT2D eigenvalue weighted by Gasteiger charge is -2.45. The predicted molar refractivity (Wildman–Crippen MR) is 173 cm³/mol. The quantitative estimate of drug-likeness (QED) is 0.238. The number of hydrogen-bond donors (Lipinski definition) is 2. The molecular weight excluding hydrogens is 552 g/mol. The minimum absolute atomic E-state index is 0.00341. The summed E-state index contributed by atoms with van der Waals surface area (Å²) in [6, 6.07) is 20.4. The SMILES string of the molecule is CCOC(=O)Cc1ccccc1OCc1cc2c(c(-c3cccc(CNC(=O)OC(C)(C)C)c3)c1)C1CCC1C(C(C)N)=C2. The van der Waals surface area contributed by atoms with Crippen LogP contribution in [0.4, 0.5) is 4.79 Å². The Morgan fingerprint density at radius 1 is 1.00 bits per heavy atom. The molecule has 3 N–H and O–H groups in total. The summed E-state index contributed by atoms with van der Waals surface area (Å²) in [5.41, 5.74) is 14.8. The second-order valence-corrected chi connectivity index (χ2v) is 12.8. The van der Waals surface area contributed by atoms with Gasteiger partial charge in [-0.2, -0.15) is 0 Å². The standard InChI is InChI=1S/C37H44N2O5/c1-6-42-34(40)20-27-11-7-8-13-33(27)43-22-25-17-28-19-31(23(2)38)29-14-15-30(29)35(28)32(18-25)26-12-9-10-24(16-26)21-39-36(41)44-37(3,4)5/h7-13,16-19,23,29-30H,6,14-15,20-22,38H2,1-5H3,(H,39,41). The van der Waals surface area contributed by atoms with Gasteiger partial charge in [0.25, 0.3) is 0 Å². The molecule has 3 aromatic rings. The number of rotatable bonds is 10. The Kier molecular flexibility index (Phi) is 9.45. The average molecular weight is 597 g/mol. The Morgan fingerprint density at radius 3 is 2.48 bits per heavy atom. The Labute approximate surface area is 260 Å². The highest BCUT2D eigenvalue weighted by atomic mass is 16.6. The maximum atomic E-state index is 12.3. The van der Waals surface area contributed by atoms with Gasteiger partial charge in [-0.3, -0.25) is 4.79 Å². The summed E-state index contributed by atoms with van der Waals surface area (Å²) >= 11 is 0. The van der Waals surface area contributed by atoms with E-state index < -0.39 is 11.7 Å². The topological polar surface area (TPSA) is 99.9 Å². The van der Waals surface area contributed by atoms with E-state index >= 15 is 0 Å². The number of nitrogens with one attached hydrogen (secondary N) is 1. The van der Waals surface area contributed by atoms with Crippen LogP contribution in [0.15, 0.2) is 66.2 Å². The Morgan fingerprint density at radius 2 is 1.77 bits per heavy atom. The molecule has 3 atom stereocenters. The van der Waals surface area contributed by atoms with Crippen molar-refractivity contribution in [2.24, 2.45) is 11.7 Å². The monoisotopic (exact) mass is 596 g/mol. The molecule has 0 bridgehead atoms. The second-order valence-electron chi connectivity index (χ2n) is 12.8. The molecule has 0 aliphatic heterocycles. The summed E-state index contributed by atoms with van der Waals surface area (Å²) in [6.45, 7) is 10.5. The van der Waals surface area contributed by atoms with Crippen molar-refractivity contribution >= 4 is 18.1 Å². The Hall–Kier alpha value is -4.10. The summed E-state index contributed by atoms with van der Waals surface area (Å²) in [5.74, 6) is 1.29. The van der Waals surface area contributed by atoms with Gasteiger partial charge in [-0.05, 0) is 123 Å². The lowest BCUT2D eigenvalue weighted by molar-refractivity contribution is -0.142. The molecular formula is C37H44N2O5. The van der Waals surface area contributed by atoms with Crippen molar-refractivity contribution in [3.05, 3.63) is 94.1 Å². The fourth-order valence-corrected chi connectivity index (χ4v) is 6.25. The molecule has 0 heterocycles. The predicted octanol–water partition coefficient (Wildman–Crippen LogP) is 7.30. The van der Waals surface area contributed by atoms with E-state index in [-0.39, 0.29) is 18.4 Å². The van der Waals surface area contributed by atoms with Crippen molar-refractivity contribution in [2.75, 3.05) is 6.61 Å². The maximum absolute atomic E-state index is 12.3. The first-order chi connectivity index (χ1) is 21.0. The molecule has 0 saturated heterocycles. The van der Waals surface area contributed by atoms with Crippen LogP contribution in [0.3, 0.4) is 0 Å². The minimum Gasteiger partial charge on any atom is -0.489 e. The van der Waals surface area contributed by atoms with Crippen molar-refractivity contribution in [2.45, 2.75) is 84.6 Å². The molecule has 1 saturated carbocycles. The highest BCUT2D eigenvalue weighted by molar-refractivity contribution is 5.78. The average Bonchev–Trinajstić information content (AvgIpc) is 2.94. The number of carbonyl (C=O) groups is 2. The zero-order chi connectivity index (χ0) is 31.4. The Bertz CT molecular complexity index is 1550. The maximum Gasteiger partial charge on any atom is 0.407 e. The highest BCUT2D eigenvalue weighted by Crippen LogP contribution is 2.54. The number of alkyl carbamates (subject to hydrolysis) is 1. The lowest BCUT2D eigenvalue weighted by Crippen LogP contribution is -2.36. The van der Waals surface area contributed by atoms with Gasteiger partial charge in [-0.15, -0.1) is 0 Å². The van der Waals surface area contributed by atoms with Crippen LogP contribution in [0, 0.1) is 5.92 Å². The van der Waals surface area contributed by atoms with Gasteiger partial charge in [0.05, 0.1) is 13.0 Å². The van der Waals surface area contributed by atoms with Gasteiger partial charge in [0.1, 0.15) is 18.0 Å². The summed E-state index contributed by atoms with van der Waals surface area (Å²) in [5, 5.41) is 2.88. The third kappa shape index (κ3) is 7.33. The molecule has 5 rings (SSSR count). The third-order valence-electron chi connectivity index (χ3n) is 8.27. The summed E-state index contributed by atoms with van der Waals surface area (Å²) in [6.07, 6.45) is 4.29. The van der Waals surface area contributed by atoms with Crippen LogP contribution < -0.4 is 15.8 Å². The minimum atomic E-state index is -0.556. The van der Waals surface area contributed by atoms with Crippen LogP contribution in [0.1, 0.15) is 81.2 Å². The third-order valence-corrected chi connectivity index (χ3v) is 8.27. The number of esters is 1.